The van der Waals surface area contributed by atoms with Gasteiger partial charge in [-0.3, -0.25) is 4.58 Å². The second kappa shape index (κ2) is 4.95. The van der Waals surface area contributed by atoms with Crippen molar-refractivity contribution in [3.63, 3.8) is 0 Å². The molecule has 2 nitrogen and oxygen atoms in total. The van der Waals surface area contributed by atoms with Crippen LogP contribution in [0.4, 0.5) is 0 Å². The topological polar surface area (TPSA) is 17.1 Å². The normalized spacial score (nSPS) is 14.0. The largest absolute Gasteiger partial charge is 1.00 e. The molecule has 1 aliphatic heterocycles. The summed E-state index contributed by atoms with van der Waals surface area (Å²) in [6, 6.07) is 7.05. The molecule has 0 aliphatic carbocycles. The first-order valence-electron chi connectivity index (χ1n) is 4.16. The maximum atomic E-state index is 3.89. The predicted molar refractivity (Wildman–Crippen MR) is 51.0 cm³/mol. The molecule has 2 heterocycles. The van der Waals surface area contributed by atoms with Gasteiger partial charge in [0.2, 0.25) is 11.7 Å². The van der Waals surface area contributed by atoms with Crippen LogP contribution in [0.3, 0.4) is 0 Å². The predicted octanol–water partition coefficient (Wildman–Crippen LogP) is -1.82. The zero-order chi connectivity index (χ0) is 9.10. The van der Waals surface area contributed by atoms with E-state index in [9.17, 15) is 0 Å². The van der Waals surface area contributed by atoms with Crippen molar-refractivity contribution >= 4 is 6.72 Å². The molecule has 0 saturated heterocycles. The Kier molecular flexibility index (Phi) is 3.88. The minimum atomic E-state index is 0. The summed E-state index contributed by atoms with van der Waals surface area (Å²) in [5.41, 5.74) is 1.07. The van der Waals surface area contributed by atoms with Crippen molar-refractivity contribution in [1.82, 2.24) is 0 Å². The van der Waals surface area contributed by atoms with Crippen LogP contribution in [0.1, 0.15) is 5.69 Å². The molecule has 0 bridgehead atoms. The van der Waals surface area contributed by atoms with Crippen molar-refractivity contribution in [3.8, 4) is 0 Å². The van der Waals surface area contributed by atoms with Crippen molar-refractivity contribution in [2.75, 3.05) is 0 Å². The maximum Gasteiger partial charge on any atom is 0.209 e. The van der Waals surface area contributed by atoms with Crippen molar-refractivity contribution in [2.24, 2.45) is 0 Å². The summed E-state index contributed by atoms with van der Waals surface area (Å²) in [6.07, 6.45) is 9.81. The minimum absolute atomic E-state index is 0. The number of halogens is 1. The molecular weight excluding hydrogens is 287 g/mol. The van der Waals surface area contributed by atoms with E-state index in [0.29, 0.717) is 0 Å². The van der Waals surface area contributed by atoms with Crippen LogP contribution in [0.5, 0.6) is 0 Å². The molecule has 3 heteroatoms. The van der Waals surface area contributed by atoms with E-state index in [0.717, 1.165) is 11.7 Å². The Balaban J connectivity index is 0.000000980. The number of aromatic nitrogens is 1. The fourth-order valence-electron chi connectivity index (χ4n) is 1.27. The van der Waals surface area contributed by atoms with Crippen LogP contribution >= 0.6 is 0 Å². The maximum absolute atomic E-state index is 3.89. The second-order valence-electron chi connectivity index (χ2n) is 2.83. The average Bonchev–Trinajstić information content (AvgIpc) is 2.20. The third-order valence-corrected chi connectivity index (χ3v) is 1.93. The molecule has 1 aromatic rings. The number of H-pyrrole nitrogens is 1. The van der Waals surface area contributed by atoms with E-state index in [1.807, 2.05) is 53.4 Å². The van der Waals surface area contributed by atoms with Crippen molar-refractivity contribution < 1.29 is 33.5 Å². The Morgan fingerprint density at radius 1 is 1.29 bits per heavy atom. The summed E-state index contributed by atoms with van der Waals surface area (Å²) in [5, 5.41) is 0. The van der Waals surface area contributed by atoms with Gasteiger partial charge in [-0.15, -0.1) is 6.08 Å². The quantitative estimate of drug-likeness (QED) is 0.330. The molecule has 0 fully saturated rings. The summed E-state index contributed by atoms with van der Waals surface area (Å²) >= 11 is 0. The van der Waals surface area contributed by atoms with Crippen LogP contribution in [-0.2, 0) is 0 Å². The number of aromatic amines is 1. The van der Waals surface area contributed by atoms with Crippen molar-refractivity contribution in [1.29, 1.82) is 0 Å². The number of rotatable bonds is 1. The van der Waals surface area contributed by atoms with Gasteiger partial charge in [0.25, 0.3) is 0 Å². The Hall–Kier alpha value is -1.10. The van der Waals surface area contributed by atoms with E-state index in [4.69, 9.17) is 0 Å². The van der Waals surface area contributed by atoms with Crippen molar-refractivity contribution in [3.05, 3.63) is 60.6 Å². The van der Waals surface area contributed by atoms with E-state index < -0.39 is 0 Å². The third kappa shape index (κ3) is 2.23. The summed E-state index contributed by atoms with van der Waals surface area (Å²) in [6.45, 7) is 3.89. The number of hydrogen-bond acceptors (Lipinski definition) is 0. The van der Waals surface area contributed by atoms with E-state index in [1.54, 1.807) is 0 Å². The molecule has 0 amide bonds. The highest BCUT2D eigenvalue weighted by Gasteiger charge is 2.18. The third-order valence-electron chi connectivity index (χ3n) is 1.93. The molecule has 2 rings (SSSR count). The molecule has 14 heavy (non-hydrogen) atoms. The molecule has 0 unspecified atom stereocenters. The lowest BCUT2D eigenvalue weighted by atomic mass is 10.1. The first-order valence-corrected chi connectivity index (χ1v) is 4.16. The van der Waals surface area contributed by atoms with Gasteiger partial charge in [0, 0.05) is 0 Å². The monoisotopic (exact) mass is 298 g/mol. The van der Waals surface area contributed by atoms with Crippen LogP contribution in [-0.4, -0.2) is 11.3 Å². The standard InChI is InChI=1S/C11H10N2.HI/c1-13-9-5-3-7-11(13)10-6-2-4-8-12-10;/h2-9H,1H2;1H. The van der Waals surface area contributed by atoms with E-state index >= 15 is 0 Å². The Morgan fingerprint density at radius 2 is 2.14 bits per heavy atom. The first-order chi connectivity index (χ1) is 6.38. The summed E-state index contributed by atoms with van der Waals surface area (Å²) in [7, 11) is 0. The zero-order valence-electron chi connectivity index (χ0n) is 7.65. The molecule has 1 N–H and O–H groups in total. The average molecular weight is 298 g/mol. The lowest BCUT2D eigenvalue weighted by Gasteiger charge is -2.10. The summed E-state index contributed by atoms with van der Waals surface area (Å²) in [5.74, 6) is 0. The molecular formula is C11H11IN2. The van der Waals surface area contributed by atoms with Crippen LogP contribution in [0, 0.1) is 6.04 Å². The van der Waals surface area contributed by atoms with Crippen LogP contribution in [0.2, 0.25) is 0 Å². The number of pyridine rings is 1. The summed E-state index contributed by atoms with van der Waals surface area (Å²) in [4.78, 5) is 3.16. The first kappa shape index (κ1) is 11.0. The van der Waals surface area contributed by atoms with Gasteiger partial charge in [0.05, 0.1) is 6.72 Å². The van der Waals surface area contributed by atoms with Gasteiger partial charge in [-0.05, 0) is 12.1 Å². The van der Waals surface area contributed by atoms with Crippen LogP contribution in [0.25, 0.3) is 0 Å². The molecule has 72 valence electrons. The van der Waals surface area contributed by atoms with Crippen LogP contribution in [0.15, 0.2) is 48.8 Å². The van der Waals surface area contributed by atoms with Gasteiger partial charge < -0.3 is 24.0 Å². The van der Waals surface area contributed by atoms with Gasteiger partial charge in [-0.25, -0.2) is 4.98 Å². The molecule has 1 aliphatic rings. The number of nitrogens with zero attached hydrogens (tertiary/aromatic N) is 1. The second-order valence-corrected chi connectivity index (χ2v) is 2.83. The fourth-order valence-corrected chi connectivity index (χ4v) is 1.27. The van der Waals surface area contributed by atoms with Gasteiger partial charge in [0.15, 0.2) is 6.20 Å². The smallest absolute Gasteiger partial charge is 0.209 e. The Labute approximate surface area is 101 Å². The zero-order valence-corrected chi connectivity index (χ0v) is 9.81. The molecule has 0 aromatic carbocycles. The number of hydrogen-bond donors (Lipinski definition) is 0. The SMILES string of the molecule is C=[N+]1C=CC=C[C-]1c1cccc[nH+]1.[I-]. The van der Waals surface area contributed by atoms with E-state index in [1.165, 1.54) is 0 Å². The molecule has 1 aromatic heterocycles. The highest BCUT2D eigenvalue weighted by molar-refractivity contribution is 5.31. The number of allylic oxidation sites excluding steroid dienone is 2. The molecule has 0 saturated carbocycles. The molecule has 0 atom stereocenters. The fraction of sp³-hybridized carbons (Fsp3) is 0. The van der Waals surface area contributed by atoms with Crippen LogP contribution < -0.4 is 29.0 Å². The van der Waals surface area contributed by atoms with Gasteiger partial charge in [-0.1, -0.05) is 18.2 Å². The van der Waals surface area contributed by atoms with Gasteiger partial charge in [0.1, 0.15) is 6.20 Å². The highest BCUT2D eigenvalue weighted by Crippen LogP contribution is 2.15. The van der Waals surface area contributed by atoms with Gasteiger partial charge in [-0.2, -0.15) is 0 Å². The number of nitrogens with one attached hydrogen (secondary N) is 1. The minimum Gasteiger partial charge on any atom is -1.00 e. The lowest BCUT2D eigenvalue weighted by Crippen LogP contribution is -3.00. The van der Waals surface area contributed by atoms with Crippen molar-refractivity contribution in [2.45, 2.75) is 0 Å². The Morgan fingerprint density at radius 3 is 2.79 bits per heavy atom. The van der Waals surface area contributed by atoms with Gasteiger partial charge >= 0.3 is 0 Å². The summed E-state index contributed by atoms with van der Waals surface area (Å²) < 4.78 is 1.84. The highest BCUT2D eigenvalue weighted by atomic mass is 127. The Bertz CT molecular complexity index is 368. The van der Waals surface area contributed by atoms with E-state index in [-0.39, 0.29) is 24.0 Å². The lowest BCUT2D eigenvalue weighted by molar-refractivity contribution is -0.461. The molecule has 0 radical (unpaired) electrons. The molecule has 0 spiro atoms. The van der Waals surface area contributed by atoms with E-state index in [2.05, 4.69) is 11.7 Å².